The molecule has 0 unspecified atom stereocenters. The van der Waals surface area contributed by atoms with E-state index in [-0.39, 0.29) is 0 Å². The predicted octanol–water partition coefficient (Wildman–Crippen LogP) is 4.26. The number of rotatable bonds is 5. The molecule has 0 aliphatic carbocycles. The van der Waals surface area contributed by atoms with Crippen molar-refractivity contribution in [3.8, 4) is 0 Å². The second-order valence-electron chi connectivity index (χ2n) is 4.17. The Bertz CT molecular complexity index is 400. The van der Waals surface area contributed by atoms with Crippen LogP contribution >= 0.6 is 31.9 Å². The van der Waals surface area contributed by atoms with Crippen LogP contribution in [0.3, 0.4) is 0 Å². The summed E-state index contributed by atoms with van der Waals surface area (Å²) in [5, 5.41) is 3.36. The standard InChI is InChI=1S/C13H18Br2N2/c1-4-16-7-10(9(2)3)5-13-12(15)6-11(14)8-17-13/h5-6,8-9,16H,4,7H2,1-3H3. The number of halogens is 2. The molecule has 0 spiro atoms. The number of likely N-dealkylation sites (N-methyl/N-ethyl adjacent to an activating group) is 1. The predicted molar refractivity (Wildman–Crippen MR) is 81.0 cm³/mol. The minimum atomic E-state index is 0.520. The molecule has 2 nitrogen and oxygen atoms in total. The van der Waals surface area contributed by atoms with E-state index in [1.165, 1.54) is 5.57 Å². The molecule has 0 atom stereocenters. The molecule has 0 aliphatic rings. The van der Waals surface area contributed by atoms with Gasteiger partial charge in [-0.1, -0.05) is 26.3 Å². The second-order valence-corrected chi connectivity index (χ2v) is 5.94. The van der Waals surface area contributed by atoms with Crippen LogP contribution in [-0.4, -0.2) is 18.1 Å². The Labute approximate surface area is 120 Å². The van der Waals surface area contributed by atoms with Crippen molar-refractivity contribution in [2.75, 3.05) is 13.1 Å². The van der Waals surface area contributed by atoms with Crippen LogP contribution < -0.4 is 5.32 Å². The van der Waals surface area contributed by atoms with Gasteiger partial charge in [-0.3, -0.25) is 4.98 Å². The van der Waals surface area contributed by atoms with Crippen molar-refractivity contribution in [3.05, 3.63) is 32.5 Å². The maximum Gasteiger partial charge on any atom is 0.0772 e. The Hall–Kier alpha value is -0.190. The molecule has 0 radical (unpaired) electrons. The molecule has 0 amide bonds. The zero-order valence-electron chi connectivity index (χ0n) is 10.4. The molecular weight excluding hydrogens is 344 g/mol. The summed E-state index contributed by atoms with van der Waals surface area (Å²) in [6.07, 6.45) is 3.98. The quantitative estimate of drug-likeness (QED) is 0.847. The number of nitrogens with zero attached hydrogens (tertiary/aromatic N) is 1. The molecule has 1 aromatic heterocycles. The molecule has 0 fully saturated rings. The van der Waals surface area contributed by atoms with Gasteiger partial charge in [0.05, 0.1) is 5.69 Å². The van der Waals surface area contributed by atoms with Gasteiger partial charge in [0, 0.05) is 21.7 Å². The molecule has 0 aromatic carbocycles. The van der Waals surface area contributed by atoms with Crippen molar-refractivity contribution < 1.29 is 0 Å². The van der Waals surface area contributed by atoms with E-state index < -0.39 is 0 Å². The van der Waals surface area contributed by atoms with Crippen LogP contribution in [0.4, 0.5) is 0 Å². The highest BCUT2D eigenvalue weighted by Gasteiger charge is 2.06. The Balaban J connectivity index is 2.95. The summed E-state index contributed by atoms with van der Waals surface area (Å²) < 4.78 is 2.00. The van der Waals surface area contributed by atoms with Crippen molar-refractivity contribution in [1.29, 1.82) is 0 Å². The van der Waals surface area contributed by atoms with Crippen LogP contribution in [-0.2, 0) is 0 Å². The lowest BCUT2D eigenvalue weighted by Crippen LogP contribution is -2.18. The summed E-state index contributed by atoms with van der Waals surface area (Å²) in [5.41, 5.74) is 2.34. The smallest absolute Gasteiger partial charge is 0.0772 e. The highest BCUT2D eigenvalue weighted by molar-refractivity contribution is 9.11. The SMILES string of the molecule is CCNCC(=Cc1ncc(Br)cc1Br)C(C)C. The van der Waals surface area contributed by atoms with Crippen molar-refractivity contribution >= 4 is 37.9 Å². The van der Waals surface area contributed by atoms with E-state index >= 15 is 0 Å². The molecule has 4 heteroatoms. The Kier molecular flexibility index (Phi) is 6.38. The molecule has 1 heterocycles. The van der Waals surface area contributed by atoms with Gasteiger partial charge in [0.2, 0.25) is 0 Å². The van der Waals surface area contributed by atoms with Crippen molar-refractivity contribution in [2.45, 2.75) is 20.8 Å². The lowest BCUT2D eigenvalue weighted by atomic mass is 10.0. The summed E-state index contributed by atoms with van der Waals surface area (Å²) >= 11 is 6.94. The fourth-order valence-corrected chi connectivity index (χ4v) is 2.50. The third-order valence-electron chi connectivity index (χ3n) is 2.48. The normalized spacial score (nSPS) is 12.2. The fraction of sp³-hybridized carbons (Fsp3) is 0.462. The number of pyridine rings is 1. The van der Waals surface area contributed by atoms with E-state index in [0.29, 0.717) is 5.92 Å². The van der Waals surface area contributed by atoms with Gasteiger partial charge in [-0.05, 0) is 56.5 Å². The zero-order valence-corrected chi connectivity index (χ0v) is 13.6. The van der Waals surface area contributed by atoms with Crippen LogP contribution in [0.5, 0.6) is 0 Å². The summed E-state index contributed by atoms with van der Waals surface area (Å²) in [4.78, 5) is 4.41. The van der Waals surface area contributed by atoms with Crippen molar-refractivity contribution in [3.63, 3.8) is 0 Å². The molecule has 0 aliphatic heterocycles. The van der Waals surface area contributed by atoms with E-state index in [1.54, 1.807) is 0 Å². The minimum absolute atomic E-state index is 0.520. The Morgan fingerprint density at radius 2 is 2.18 bits per heavy atom. The van der Waals surface area contributed by atoms with E-state index in [4.69, 9.17) is 0 Å². The van der Waals surface area contributed by atoms with Gasteiger partial charge in [0.25, 0.3) is 0 Å². The van der Waals surface area contributed by atoms with Gasteiger partial charge in [-0.2, -0.15) is 0 Å². The number of aromatic nitrogens is 1. The Morgan fingerprint density at radius 3 is 2.71 bits per heavy atom. The summed E-state index contributed by atoms with van der Waals surface area (Å²) in [7, 11) is 0. The van der Waals surface area contributed by atoms with Crippen LogP contribution in [0.1, 0.15) is 26.5 Å². The first-order chi connectivity index (χ1) is 8.04. The highest BCUT2D eigenvalue weighted by atomic mass is 79.9. The molecule has 1 N–H and O–H groups in total. The van der Waals surface area contributed by atoms with Gasteiger partial charge in [-0.25, -0.2) is 0 Å². The fourth-order valence-electron chi connectivity index (χ4n) is 1.40. The van der Waals surface area contributed by atoms with Crippen LogP contribution in [0.2, 0.25) is 0 Å². The van der Waals surface area contributed by atoms with Crippen molar-refractivity contribution in [2.24, 2.45) is 5.92 Å². The third-order valence-corrected chi connectivity index (χ3v) is 3.55. The van der Waals surface area contributed by atoms with Gasteiger partial charge in [0.15, 0.2) is 0 Å². The van der Waals surface area contributed by atoms with Crippen LogP contribution in [0.15, 0.2) is 26.8 Å². The largest absolute Gasteiger partial charge is 0.313 e. The summed E-state index contributed by atoms with van der Waals surface area (Å²) in [6.45, 7) is 8.43. The van der Waals surface area contributed by atoms with E-state index in [1.807, 2.05) is 12.3 Å². The Morgan fingerprint density at radius 1 is 1.47 bits per heavy atom. The van der Waals surface area contributed by atoms with Gasteiger partial charge in [0.1, 0.15) is 0 Å². The van der Waals surface area contributed by atoms with Crippen LogP contribution in [0.25, 0.3) is 6.08 Å². The molecule has 1 rings (SSSR count). The molecule has 94 valence electrons. The van der Waals surface area contributed by atoms with Gasteiger partial charge in [-0.15, -0.1) is 0 Å². The molecule has 0 bridgehead atoms. The summed E-state index contributed by atoms with van der Waals surface area (Å²) in [6, 6.07) is 2.02. The molecule has 17 heavy (non-hydrogen) atoms. The van der Waals surface area contributed by atoms with E-state index in [9.17, 15) is 0 Å². The first-order valence-electron chi connectivity index (χ1n) is 5.76. The van der Waals surface area contributed by atoms with Gasteiger partial charge < -0.3 is 5.32 Å². The average molecular weight is 362 g/mol. The monoisotopic (exact) mass is 360 g/mol. The van der Waals surface area contributed by atoms with E-state index in [2.05, 4.69) is 69.0 Å². The maximum absolute atomic E-state index is 4.41. The number of hydrogen-bond acceptors (Lipinski definition) is 2. The average Bonchev–Trinajstić information content (AvgIpc) is 2.26. The first-order valence-corrected chi connectivity index (χ1v) is 7.35. The topological polar surface area (TPSA) is 24.9 Å². The third kappa shape index (κ3) is 4.90. The highest BCUT2D eigenvalue weighted by Crippen LogP contribution is 2.23. The zero-order chi connectivity index (χ0) is 12.8. The molecule has 0 saturated carbocycles. The van der Waals surface area contributed by atoms with Crippen LogP contribution in [0, 0.1) is 5.92 Å². The second kappa shape index (κ2) is 7.29. The van der Waals surface area contributed by atoms with E-state index in [0.717, 1.165) is 27.7 Å². The number of nitrogens with one attached hydrogen (secondary N) is 1. The lowest BCUT2D eigenvalue weighted by Gasteiger charge is -2.12. The minimum Gasteiger partial charge on any atom is -0.313 e. The maximum atomic E-state index is 4.41. The molecule has 1 aromatic rings. The van der Waals surface area contributed by atoms with Crippen molar-refractivity contribution in [1.82, 2.24) is 10.3 Å². The molecule has 0 saturated heterocycles. The number of hydrogen-bond donors (Lipinski definition) is 1. The molecular formula is C13H18Br2N2. The first kappa shape index (κ1) is 14.9. The van der Waals surface area contributed by atoms with Gasteiger partial charge >= 0.3 is 0 Å². The lowest BCUT2D eigenvalue weighted by molar-refractivity contribution is 0.682. The summed E-state index contributed by atoms with van der Waals surface area (Å²) in [5.74, 6) is 0.520.